The number of pyridine rings is 1. The second-order valence-electron chi connectivity index (χ2n) is 6.13. The summed E-state index contributed by atoms with van der Waals surface area (Å²) in [7, 11) is 0. The van der Waals surface area contributed by atoms with E-state index in [1.807, 2.05) is 18.2 Å². The summed E-state index contributed by atoms with van der Waals surface area (Å²) < 4.78 is 5.77. The van der Waals surface area contributed by atoms with Crippen LogP contribution in [-0.4, -0.2) is 4.98 Å². The maximum absolute atomic E-state index is 5.77. The molecule has 1 aromatic heterocycles. The Hall–Kier alpha value is -1.83. The first-order valence-corrected chi connectivity index (χ1v) is 9.00. The van der Waals surface area contributed by atoms with Gasteiger partial charge in [0, 0.05) is 6.20 Å². The number of unbranched alkanes of at least 4 members (excludes halogenated alkanes) is 6. The van der Waals surface area contributed by atoms with Crippen molar-refractivity contribution in [2.45, 2.75) is 64.9 Å². The monoisotopic (exact) mass is 311 g/mol. The minimum absolute atomic E-state index is 0.526. The smallest absolute Gasteiger partial charge is 0.130 e. The van der Waals surface area contributed by atoms with Crippen molar-refractivity contribution in [2.24, 2.45) is 0 Å². The first kappa shape index (κ1) is 17.5. The highest BCUT2D eigenvalue weighted by atomic mass is 16.5. The number of aryl methyl sites for hydroxylation is 1. The van der Waals surface area contributed by atoms with Crippen LogP contribution in [0.4, 0.5) is 0 Å². The second kappa shape index (κ2) is 10.8. The second-order valence-corrected chi connectivity index (χ2v) is 6.13. The highest BCUT2D eigenvalue weighted by Crippen LogP contribution is 2.16. The molecule has 0 radical (unpaired) electrons. The molecule has 1 heterocycles. The molecular weight excluding hydrogens is 282 g/mol. The first-order chi connectivity index (χ1) is 11.4. The van der Waals surface area contributed by atoms with E-state index < -0.39 is 0 Å². The molecule has 0 saturated carbocycles. The lowest BCUT2D eigenvalue weighted by molar-refractivity contribution is 0.301. The Morgan fingerprint density at radius 3 is 2.26 bits per heavy atom. The molecule has 2 heteroatoms. The van der Waals surface area contributed by atoms with Crippen LogP contribution in [0.5, 0.6) is 5.75 Å². The lowest BCUT2D eigenvalue weighted by Gasteiger charge is -2.07. The highest BCUT2D eigenvalue weighted by Gasteiger charge is 1.98. The third-order valence-corrected chi connectivity index (χ3v) is 4.11. The molecule has 2 nitrogen and oxygen atoms in total. The van der Waals surface area contributed by atoms with Crippen molar-refractivity contribution in [1.82, 2.24) is 4.98 Å². The maximum atomic E-state index is 5.77. The molecule has 0 fully saturated rings. The number of hydrogen-bond donors (Lipinski definition) is 0. The maximum Gasteiger partial charge on any atom is 0.130 e. The summed E-state index contributed by atoms with van der Waals surface area (Å²) in [5.41, 5.74) is 2.36. The molecule has 0 amide bonds. The zero-order valence-corrected chi connectivity index (χ0v) is 14.3. The quantitative estimate of drug-likeness (QED) is 0.478. The average molecular weight is 311 g/mol. The number of ether oxygens (including phenoxy) is 1. The summed E-state index contributed by atoms with van der Waals surface area (Å²) in [5.74, 6) is 0.916. The summed E-state index contributed by atoms with van der Waals surface area (Å²) in [5, 5.41) is 0. The van der Waals surface area contributed by atoms with Gasteiger partial charge in [0.05, 0.1) is 5.69 Å². The molecule has 0 N–H and O–H groups in total. The van der Waals surface area contributed by atoms with Crippen LogP contribution in [0.3, 0.4) is 0 Å². The number of hydrogen-bond acceptors (Lipinski definition) is 2. The van der Waals surface area contributed by atoms with Gasteiger partial charge in [0.25, 0.3) is 0 Å². The highest BCUT2D eigenvalue weighted by molar-refractivity contribution is 5.27. The molecule has 1 aromatic carbocycles. The van der Waals surface area contributed by atoms with E-state index in [-0.39, 0.29) is 0 Å². The third kappa shape index (κ3) is 7.32. The molecule has 0 atom stereocenters. The Bertz CT molecular complexity index is 521. The van der Waals surface area contributed by atoms with Gasteiger partial charge in [-0.05, 0) is 42.7 Å². The topological polar surface area (TPSA) is 22.1 Å². The third-order valence-electron chi connectivity index (χ3n) is 4.11. The lowest BCUT2D eigenvalue weighted by atomic mass is 10.0. The molecule has 0 saturated heterocycles. The van der Waals surface area contributed by atoms with Crippen molar-refractivity contribution in [1.29, 1.82) is 0 Å². The molecular formula is C21H29NO. The van der Waals surface area contributed by atoms with Crippen LogP contribution in [0.1, 0.15) is 63.1 Å². The van der Waals surface area contributed by atoms with Gasteiger partial charge >= 0.3 is 0 Å². The van der Waals surface area contributed by atoms with Crippen LogP contribution < -0.4 is 4.74 Å². The van der Waals surface area contributed by atoms with Crippen molar-refractivity contribution < 1.29 is 4.74 Å². The fourth-order valence-corrected chi connectivity index (χ4v) is 2.68. The van der Waals surface area contributed by atoms with Crippen molar-refractivity contribution in [3.63, 3.8) is 0 Å². The zero-order valence-electron chi connectivity index (χ0n) is 14.3. The van der Waals surface area contributed by atoms with E-state index in [9.17, 15) is 0 Å². The summed E-state index contributed by atoms with van der Waals surface area (Å²) >= 11 is 0. The van der Waals surface area contributed by atoms with E-state index in [1.165, 1.54) is 56.9 Å². The number of rotatable bonds is 11. The predicted molar refractivity (Wildman–Crippen MR) is 96.7 cm³/mol. The Labute approximate surface area is 140 Å². The Morgan fingerprint density at radius 2 is 1.57 bits per heavy atom. The van der Waals surface area contributed by atoms with Gasteiger partial charge in [0.1, 0.15) is 12.4 Å². The number of benzene rings is 1. The molecule has 0 bridgehead atoms. The summed E-state index contributed by atoms with van der Waals surface area (Å²) in [6, 6.07) is 14.4. The molecule has 2 rings (SSSR count). The van der Waals surface area contributed by atoms with Crippen LogP contribution in [0.15, 0.2) is 48.7 Å². The molecule has 0 unspecified atom stereocenters. The largest absolute Gasteiger partial charge is 0.487 e. The van der Waals surface area contributed by atoms with Gasteiger partial charge in [-0.25, -0.2) is 0 Å². The summed E-state index contributed by atoms with van der Waals surface area (Å²) in [4.78, 5) is 4.26. The van der Waals surface area contributed by atoms with Gasteiger partial charge < -0.3 is 4.74 Å². The molecule has 23 heavy (non-hydrogen) atoms. The van der Waals surface area contributed by atoms with Gasteiger partial charge in [-0.15, -0.1) is 0 Å². The van der Waals surface area contributed by atoms with Crippen molar-refractivity contribution in [3.05, 3.63) is 59.9 Å². The van der Waals surface area contributed by atoms with Crippen LogP contribution in [0.25, 0.3) is 0 Å². The van der Waals surface area contributed by atoms with E-state index in [0.29, 0.717) is 6.61 Å². The van der Waals surface area contributed by atoms with Gasteiger partial charge in [0.15, 0.2) is 0 Å². The first-order valence-electron chi connectivity index (χ1n) is 9.00. The van der Waals surface area contributed by atoms with Gasteiger partial charge in [-0.3, -0.25) is 4.98 Å². The molecule has 0 aliphatic rings. The van der Waals surface area contributed by atoms with E-state index in [0.717, 1.165) is 11.4 Å². The molecule has 124 valence electrons. The molecule has 0 aliphatic heterocycles. The van der Waals surface area contributed by atoms with E-state index in [4.69, 9.17) is 4.74 Å². The fourth-order valence-electron chi connectivity index (χ4n) is 2.68. The van der Waals surface area contributed by atoms with Gasteiger partial charge in [0.2, 0.25) is 0 Å². The van der Waals surface area contributed by atoms with Crippen molar-refractivity contribution >= 4 is 0 Å². The standard InChI is InChI=1S/C21H29NO/c1-2-3-4-5-6-7-8-11-19-13-15-21(16-14-19)23-18-20-12-9-10-17-22-20/h9-10,12-17H,2-8,11,18H2,1H3. The van der Waals surface area contributed by atoms with Gasteiger partial charge in [-0.1, -0.05) is 63.6 Å². The normalized spacial score (nSPS) is 10.7. The molecule has 0 aliphatic carbocycles. The van der Waals surface area contributed by atoms with E-state index >= 15 is 0 Å². The minimum Gasteiger partial charge on any atom is -0.487 e. The van der Waals surface area contributed by atoms with E-state index in [2.05, 4.69) is 36.2 Å². The Balaban J connectivity index is 1.62. The van der Waals surface area contributed by atoms with Crippen LogP contribution in [0.2, 0.25) is 0 Å². The Kier molecular flexibility index (Phi) is 8.25. The van der Waals surface area contributed by atoms with Gasteiger partial charge in [-0.2, -0.15) is 0 Å². The summed E-state index contributed by atoms with van der Waals surface area (Å²) in [6.07, 6.45) is 12.5. The molecule has 2 aromatic rings. The zero-order chi connectivity index (χ0) is 16.2. The SMILES string of the molecule is CCCCCCCCCc1ccc(OCc2ccccn2)cc1. The van der Waals surface area contributed by atoms with Crippen LogP contribution in [-0.2, 0) is 13.0 Å². The van der Waals surface area contributed by atoms with Crippen LogP contribution >= 0.6 is 0 Å². The number of nitrogens with zero attached hydrogens (tertiary/aromatic N) is 1. The van der Waals surface area contributed by atoms with Crippen molar-refractivity contribution in [3.8, 4) is 5.75 Å². The lowest BCUT2D eigenvalue weighted by Crippen LogP contribution is -1.97. The van der Waals surface area contributed by atoms with Crippen LogP contribution in [0, 0.1) is 0 Å². The Morgan fingerprint density at radius 1 is 0.826 bits per heavy atom. The average Bonchev–Trinajstić information content (AvgIpc) is 2.61. The predicted octanol–water partition coefficient (Wildman–Crippen LogP) is 5.95. The molecule has 0 spiro atoms. The summed E-state index contributed by atoms with van der Waals surface area (Å²) in [6.45, 7) is 2.79. The minimum atomic E-state index is 0.526. The fraction of sp³-hybridized carbons (Fsp3) is 0.476. The van der Waals surface area contributed by atoms with E-state index in [1.54, 1.807) is 6.20 Å². The van der Waals surface area contributed by atoms with Crippen molar-refractivity contribution in [2.75, 3.05) is 0 Å². The number of aromatic nitrogens is 1.